The van der Waals surface area contributed by atoms with Crippen molar-refractivity contribution in [2.75, 3.05) is 13.1 Å². The van der Waals surface area contributed by atoms with Gasteiger partial charge in [0.2, 0.25) is 0 Å². The van der Waals surface area contributed by atoms with E-state index < -0.39 is 0 Å². The second kappa shape index (κ2) is 8.05. The van der Waals surface area contributed by atoms with Gasteiger partial charge in [-0.05, 0) is 45.2 Å². The molecule has 1 fully saturated rings. The van der Waals surface area contributed by atoms with Gasteiger partial charge in [-0.15, -0.1) is 0 Å². The summed E-state index contributed by atoms with van der Waals surface area (Å²) < 4.78 is 0. The second-order valence-corrected chi connectivity index (χ2v) is 4.32. The van der Waals surface area contributed by atoms with Gasteiger partial charge in [0.1, 0.15) is 0 Å². The van der Waals surface area contributed by atoms with Crippen LogP contribution in [0.1, 0.15) is 58.3 Å². The van der Waals surface area contributed by atoms with Crippen molar-refractivity contribution in [2.45, 2.75) is 58.3 Å². The first-order chi connectivity index (χ1) is 6.93. The molecule has 0 aromatic carbocycles. The number of hydrogen-bond acceptors (Lipinski definition) is 1. The minimum absolute atomic E-state index is 1.20. The molecule has 1 heterocycles. The summed E-state index contributed by atoms with van der Waals surface area (Å²) in [6.07, 6.45) is 13.3. The van der Waals surface area contributed by atoms with Crippen LogP contribution in [0.3, 0.4) is 0 Å². The van der Waals surface area contributed by atoms with Gasteiger partial charge in [0.15, 0.2) is 0 Å². The highest BCUT2D eigenvalue weighted by atomic mass is 14.8. The molecule has 1 aliphatic heterocycles. The number of nitrogens with one attached hydrogen (secondary N) is 1. The van der Waals surface area contributed by atoms with Crippen LogP contribution in [0, 0.1) is 0 Å². The average Bonchev–Trinajstić information content (AvgIpc) is 2.46. The van der Waals surface area contributed by atoms with E-state index in [0.717, 1.165) is 0 Å². The van der Waals surface area contributed by atoms with E-state index in [4.69, 9.17) is 0 Å². The molecule has 0 aromatic heterocycles. The maximum absolute atomic E-state index is 3.45. The van der Waals surface area contributed by atoms with Gasteiger partial charge in [0.25, 0.3) is 0 Å². The van der Waals surface area contributed by atoms with E-state index in [1.807, 2.05) is 0 Å². The fourth-order valence-electron chi connectivity index (χ4n) is 2.02. The van der Waals surface area contributed by atoms with Crippen LogP contribution in [0.4, 0.5) is 0 Å². The molecule has 0 amide bonds. The molecule has 1 N–H and O–H groups in total. The molecule has 0 aliphatic carbocycles. The van der Waals surface area contributed by atoms with Gasteiger partial charge >= 0.3 is 0 Å². The minimum atomic E-state index is 1.20. The summed E-state index contributed by atoms with van der Waals surface area (Å²) in [5.74, 6) is 0. The van der Waals surface area contributed by atoms with Crippen molar-refractivity contribution in [3.8, 4) is 0 Å². The molecule has 0 spiro atoms. The van der Waals surface area contributed by atoms with E-state index in [9.17, 15) is 0 Å². The third kappa shape index (κ3) is 5.43. The molecule has 1 heteroatoms. The molecular weight excluding hydrogens is 170 g/mol. The lowest BCUT2D eigenvalue weighted by molar-refractivity contribution is 0.671. The van der Waals surface area contributed by atoms with Crippen LogP contribution in [0.2, 0.25) is 0 Å². The van der Waals surface area contributed by atoms with E-state index in [1.165, 1.54) is 64.5 Å². The lowest BCUT2D eigenvalue weighted by atomic mass is 10.0. The van der Waals surface area contributed by atoms with Crippen LogP contribution in [-0.2, 0) is 0 Å². The average molecular weight is 195 g/mol. The zero-order valence-corrected chi connectivity index (χ0v) is 9.65. The Morgan fingerprint density at radius 3 is 2.93 bits per heavy atom. The Morgan fingerprint density at radius 2 is 2.07 bits per heavy atom. The van der Waals surface area contributed by atoms with Crippen molar-refractivity contribution in [1.82, 2.24) is 5.32 Å². The first-order valence-electron chi connectivity index (χ1n) is 6.32. The molecule has 0 atom stereocenters. The quantitative estimate of drug-likeness (QED) is 0.521. The Kier molecular flexibility index (Phi) is 6.77. The van der Waals surface area contributed by atoms with Crippen molar-refractivity contribution in [1.29, 1.82) is 0 Å². The summed E-state index contributed by atoms with van der Waals surface area (Å²) >= 11 is 0. The maximum atomic E-state index is 3.45. The lowest BCUT2D eigenvalue weighted by Crippen LogP contribution is -2.13. The minimum Gasteiger partial charge on any atom is -0.316 e. The summed E-state index contributed by atoms with van der Waals surface area (Å²) in [5.41, 5.74) is 1.70. The highest BCUT2D eigenvalue weighted by Crippen LogP contribution is 2.14. The third-order valence-corrected chi connectivity index (χ3v) is 2.97. The molecule has 1 saturated heterocycles. The SMILES string of the molecule is CCCCCC/C=C1/CCCNCC1. The zero-order valence-electron chi connectivity index (χ0n) is 9.65. The van der Waals surface area contributed by atoms with Gasteiger partial charge in [0, 0.05) is 0 Å². The molecule has 0 unspecified atom stereocenters. The normalized spacial score (nSPS) is 21.1. The van der Waals surface area contributed by atoms with Crippen LogP contribution < -0.4 is 5.32 Å². The summed E-state index contributed by atoms with van der Waals surface area (Å²) in [7, 11) is 0. The summed E-state index contributed by atoms with van der Waals surface area (Å²) in [6, 6.07) is 0. The van der Waals surface area contributed by atoms with Crippen molar-refractivity contribution in [3.63, 3.8) is 0 Å². The van der Waals surface area contributed by atoms with Crippen LogP contribution >= 0.6 is 0 Å². The first-order valence-corrected chi connectivity index (χ1v) is 6.32. The predicted octanol–water partition coefficient (Wildman–Crippen LogP) is 3.66. The molecular formula is C13H25N. The lowest BCUT2D eigenvalue weighted by Gasteiger charge is -2.02. The number of rotatable bonds is 5. The molecule has 0 saturated carbocycles. The van der Waals surface area contributed by atoms with Crippen LogP contribution in [0.5, 0.6) is 0 Å². The van der Waals surface area contributed by atoms with Gasteiger partial charge < -0.3 is 5.32 Å². The Labute approximate surface area is 89.0 Å². The molecule has 1 rings (SSSR count). The van der Waals surface area contributed by atoms with Crippen molar-refractivity contribution in [2.24, 2.45) is 0 Å². The summed E-state index contributed by atoms with van der Waals surface area (Å²) in [4.78, 5) is 0. The molecule has 14 heavy (non-hydrogen) atoms. The Morgan fingerprint density at radius 1 is 1.14 bits per heavy atom. The number of hydrogen-bond donors (Lipinski definition) is 1. The fraction of sp³-hybridized carbons (Fsp3) is 0.846. The Balaban J connectivity index is 2.08. The molecule has 1 nitrogen and oxygen atoms in total. The van der Waals surface area contributed by atoms with Gasteiger partial charge in [-0.1, -0.05) is 37.8 Å². The predicted molar refractivity (Wildman–Crippen MR) is 63.6 cm³/mol. The van der Waals surface area contributed by atoms with Crippen molar-refractivity contribution < 1.29 is 0 Å². The largest absolute Gasteiger partial charge is 0.316 e. The van der Waals surface area contributed by atoms with E-state index >= 15 is 0 Å². The van der Waals surface area contributed by atoms with Crippen LogP contribution in [0.15, 0.2) is 11.6 Å². The molecule has 82 valence electrons. The van der Waals surface area contributed by atoms with Gasteiger partial charge in [-0.2, -0.15) is 0 Å². The third-order valence-electron chi connectivity index (χ3n) is 2.97. The molecule has 1 aliphatic rings. The standard InChI is InChI=1S/C13H25N/c1-2-3-4-5-6-8-13-9-7-11-14-12-10-13/h8,14H,2-7,9-12H2,1H3/b13-8-. The number of unbranched alkanes of at least 4 members (excludes halogenated alkanes) is 4. The Hall–Kier alpha value is -0.300. The van der Waals surface area contributed by atoms with Crippen LogP contribution in [0.25, 0.3) is 0 Å². The summed E-state index contributed by atoms with van der Waals surface area (Å²) in [5, 5.41) is 3.45. The number of allylic oxidation sites excluding steroid dienone is 1. The van der Waals surface area contributed by atoms with Crippen LogP contribution in [-0.4, -0.2) is 13.1 Å². The van der Waals surface area contributed by atoms with Gasteiger partial charge in [-0.3, -0.25) is 0 Å². The first kappa shape index (κ1) is 11.8. The fourth-order valence-corrected chi connectivity index (χ4v) is 2.02. The van der Waals surface area contributed by atoms with Gasteiger partial charge in [0.05, 0.1) is 0 Å². The van der Waals surface area contributed by atoms with Crippen molar-refractivity contribution >= 4 is 0 Å². The highest BCUT2D eigenvalue weighted by molar-refractivity contribution is 5.03. The molecule has 0 bridgehead atoms. The second-order valence-electron chi connectivity index (χ2n) is 4.32. The zero-order chi connectivity index (χ0) is 10.1. The van der Waals surface area contributed by atoms with Crippen molar-refractivity contribution in [3.05, 3.63) is 11.6 Å². The molecule has 0 radical (unpaired) electrons. The maximum Gasteiger partial charge on any atom is -0.00116 e. The monoisotopic (exact) mass is 195 g/mol. The highest BCUT2D eigenvalue weighted by Gasteiger charge is 2.02. The van der Waals surface area contributed by atoms with E-state index in [-0.39, 0.29) is 0 Å². The van der Waals surface area contributed by atoms with E-state index in [2.05, 4.69) is 18.3 Å². The van der Waals surface area contributed by atoms with Gasteiger partial charge in [-0.25, -0.2) is 0 Å². The topological polar surface area (TPSA) is 12.0 Å². The van der Waals surface area contributed by atoms with E-state index in [1.54, 1.807) is 5.57 Å². The van der Waals surface area contributed by atoms with E-state index in [0.29, 0.717) is 0 Å². The Bertz CT molecular complexity index is 151. The summed E-state index contributed by atoms with van der Waals surface area (Å²) in [6.45, 7) is 4.68. The smallest absolute Gasteiger partial charge is 0.00116 e. The molecule has 0 aromatic rings.